The van der Waals surface area contributed by atoms with Gasteiger partial charge in [0, 0.05) is 17.3 Å². The largest absolute Gasteiger partial charge is 1.00 e. The third-order valence-electron chi connectivity index (χ3n) is 4.39. The third-order valence-corrected chi connectivity index (χ3v) is 6.02. The maximum Gasteiger partial charge on any atom is 1.00 e. The molecular formula is C20H14N4Na2O6S2. The van der Waals surface area contributed by atoms with Gasteiger partial charge < -0.3 is 9.11 Å². The van der Waals surface area contributed by atoms with Crippen LogP contribution < -0.4 is 59.1 Å². The van der Waals surface area contributed by atoms with Gasteiger partial charge in [0.2, 0.25) is 20.6 Å². The minimum Gasteiger partial charge on any atom is -0.730 e. The Morgan fingerprint density at radius 2 is 1.15 bits per heavy atom. The molecule has 14 heteroatoms. The van der Waals surface area contributed by atoms with Gasteiger partial charge in [-0.05, 0) is 12.1 Å². The van der Waals surface area contributed by atoms with Crippen molar-refractivity contribution in [3.63, 3.8) is 0 Å². The molecule has 3 aromatic rings. The van der Waals surface area contributed by atoms with E-state index < -0.39 is 26.4 Å². The van der Waals surface area contributed by atoms with Crippen LogP contribution >= 0.6 is 0 Å². The van der Waals surface area contributed by atoms with E-state index in [-0.39, 0.29) is 90.6 Å². The molecule has 1 aliphatic rings. The van der Waals surface area contributed by atoms with Crippen LogP contribution in [-0.2, 0) is 20.6 Å². The average molecular weight is 516 g/mol. The molecule has 4 rings (SSSR count). The molecule has 0 unspecified atom stereocenters. The molecule has 0 N–H and O–H groups in total. The summed E-state index contributed by atoms with van der Waals surface area (Å²) in [7, 11) is -11.2. The predicted molar refractivity (Wildman–Crippen MR) is 114 cm³/mol. The molecule has 0 fully saturated rings. The summed E-state index contributed by atoms with van der Waals surface area (Å²) in [6, 6.07) is 20.3. The summed E-state index contributed by atoms with van der Waals surface area (Å²) < 4.78 is 73.7. The van der Waals surface area contributed by atoms with Gasteiger partial charge in [0.05, 0.1) is 5.70 Å². The number of hydrogen-bond acceptors (Lipinski definition) is 8. The van der Waals surface area contributed by atoms with Gasteiger partial charge in [0.15, 0.2) is 5.84 Å². The number of rotatable bonds is 5. The molecule has 0 spiro atoms. The van der Waals surface area contributed by atoms with Crippen LogP contribution in [0.1, 0.15) is 16.8 Å². The van der Waals surface area contributed by atoms with Crippen LogP contribution in [-0.4, -0.2) is 45.6 Å². The number of benzene rings is 2. The van der Waals surface area contributed by atoms with E-state index in [1.54, 1.807) is 48.5 Å². The molecule has 1 aliphatic heterocycles. The molecule has 10 nitrogen and oxygen atoms in total. The first-order valence-electron chi connectivity index (χ1n) is 9.05. The molecule has 0 saturated carbocycles. The first-order chi connectivity index (χ1) is 15.2. The molecule has 0 radical (unpaired) electrons. The minimum absolute atomic E-state index is 0. The van der Waals surface area contributed by atoms with Crippen LogP contribution in [0.2, 0.25) is 0 Å². The van der Waals surface area contributed by atoms with Crippen molar-refractivity contribution in [1.29, 1.82) is 0 Å². The second-order valence-electron chi connectivity index (χ2n) is 6.48. The fraction of sp³-hybridized carbons (Fsp3) is 0. The molecule has 164 valence electrons. The van der Waals surface area contributed by atoms with E-state index in [1.807, 2.05) is 0 Å². The summed E-state index contributed by atoms with van der Waals surface area (Å²) >= 11 is 0. The number of nitrogens with zero attached hydrogens (tertiary/aromatic N) is 4. The van der Waals surface area contributed by atoms with Gasteiger partial charge in [-0.1, -0.05) is 66.7 Å². The van der Waals surface area contributed by atoms with E-state index in [1.165, 1.54) is 36.5 Å². The van der Waals surface area contributed by atoms with Crippen molar-refractivity contribution in [2.24, 2.45) is 4.99 Å². The van der Waals surface area contributed by atoms with E-state index in [4.69, 9.17) is 0 Å². The summed E-state index contributed by atoms with van der Waals surface area (Å²) in [6.45, 7) is 0. The van der Waals surface area contributed by atoms with Gasteiger partial charge in [0.1, 0.15) is 11.4 Å². The second kappa shape index (κ2) is 11.4. The Balaban J connectivity index is 0.00000204. The van der Waals surface area contributed by atoms with Gasteiger partial charge in [-0.3, -0.25) is 4.98 Å². The van der Waals surface area contributed by atoms with Crippen LogP contribution in [0.3, 0.4) is 0 Å². The molecule has 0 aliphatic carbocycles. The Bertz CT molecular complexity index is 1420. The van der Waals surface area contributed by atoms with Gasteiger partial charge in [0.25, 0.3) is 0 Å². The molecule has 0 bridgehead atoms. The van der Waals surface area contributed by atoms with Crippen LogP contribution in [0.5, 0.6) is 0 Å². The van der Waals surface area contributed by atoms with Crippen LogP contribution in [0.4, 0.5) is 0 Å². The standard InChI is InChI=1S/C20H16N4O6S2.2Na/c25-31(26,27)23-19(16-11-5-2-6-12-16)18(15-9-3-1-4-10-15)22-20(24(23)32(28,29)30)17-13-7-8-14-21-17;;/h1-14H,(H,25,26,27)(H,28,29,30);;/q;2*+1/p-2. The van der Waals surface area contributed by atoms with Crippen molar-refractivity contribution in [2.75, 3.05) is 0 Å². The molecule has 0 atom stereocenters. The fourth-order valence-electron chi connectivity index (χ4n) is 3.16. The third kappa shape index (κ3) is 5.97. The number of aliphatic imine (C=N–C) groups is 1. The Morgan fingerprint density at radius 1 is 0.647 bits per heavy atom. The first-order valence-corrected chi connectivity index (χ1v) is 11.8. The average Bonchev–Trinajstić information content (AvgIpc) is 2.78. The number of pyridine rings is 1. The molecule has 2 aromatic carbocycles. The van der Waals surface area contributed by atoms with Gasteiger partial charge >= 0.3 is 59.1 Å². The van der Waals surface area contributed by atoms with E-state index in [2.05, 4.69) is 9.98 Å². The smallest absolute Gasteiger partial charge is 0.730 e. The van der Waals surface area contributed by atoms with Gasteiger partial charge in [-0.15, -0.1) is 0 Å². The monoisotopic (exact) mass is 516 g/mol. The zero-order chi connectivity index (χ0) is 22.9. The van der Waals surface area contributed by atoms with E-state index in [0.29, 0.717) is 5.56 Å². The van der Waals surface area contributed by atoms with E-state index in [0.717, 1.165) is 0 Å². The van der Waals surface area contributed by atoms with Crippen molar-refractivity contribution in [2.45, 2.75) is 0 Å². The van der Waals surface area contributed by atoms with Crippen LogP contribution in [0.15, 0.2) is 90.1 Å². The van der Waals surface area contributed by atoms with Crippen molar-refractivity contribution in [3.8, 4) is 0 Å². The Hall–Kier alpha value is -1.58. The molecular weight excluding hydrogens is 502 g/mol. The topological polar surface area (TPSA) is 146 Å². The Labute approximate surface area is 241 Å². The van der Waals surface area contributed by atoms with E-state index in [9.17, 15) is 25.9 Å². The van der Waals surface area contributed by atoms with Crippen LogP contribution in [0, 0.1) is 0 Å². The molecule has 0 amide bonds. The zero-order valence-corrected chi connectivity index (χ0v) is 23.8. The van der Waals surface area contributed by atoms with Gasteiger partial charge in [-0.25, -0.2) is 21.8 Å². The van der Waals surface area contributed by atoms with Crippen LogP contribution in [0.25, 0.3) is 11.4 Å². The number of amidine groups is 1. The summed E-state index contributed by atoms with van der Waals surface area (Å²) in [5.41, 5.74) is 0.00318. The summed E-state index contributed by atoms with van der Waals surface area (Å²) in [6.07, 6.45) is 1.31. The summed E-state index contributed by atoms with van der Waals surface area (Å²) in [4.78, 5) is 8.31. The van der Waals surface area contributed by atoms with Crippen molar-refractivity contribution < 1.29 is 85.1 Å². The number of hydrogen-bond donors (Lipinski definition) is 0. The number of hydrazine groups is 1. The van der Waals surface area contributed by atoms with Crippen molar-refractivity contribution in [3.05, 3.63) is 102 Å². The van der Waals surface area contributed by atoms with Crippen molar-refractivity contribution in [1.82, 2.24) is 13.8 Å². The van der Waals surface area contributed by atoms with Gasteiger partial charge in [-0.2, -0.15) is 8.83 Å². The maximum absolute atomic E-state index is 12.4. The predicted octanol–water partition coefficient (Wildman–Crippen LogP) is -4.18. The molecule has 1 aromatic heterocycles. The van der Waals surface area contributed by atoms with Crippen molar-refractivity contribution >= 4 is 37.8 Å². The molecule has 0 saturated heterocycles. The quantitative estimate of drug-likeness (QED) is 0.247. The fourth-order valence-corrected chi connectivity index (χ4v) is 4.93. The Kier molecular flexibility index (Phi) is 9.64. The summed E-state index contributed by atoms with van der Waals surface area (Å²) in [5, 5.41) is 0. The normalized spacial score (nSPS) is 14.1. The number of aromatic nitrogens is 1. The SMILES string of the molecule is O=S(=O)([O-])N1C(c2ccccn2)=NC(c2ccccc2)=C(c2ccccc2)N1S(=O)(=O)[O-].[Na+].[Na+]. The minimum atomic E-state index is -5.58. The summed E-state index contributed by atoms with van der Waals surface area (Å²) in [5.74, 6) is -0.626. The first kappa shape index (κ1) is 28.7. The molecule has 2 heterocycles. The maximum atomic E-state index is 12.4. The molecule has 34 heavy (non-hydrogen) atoms. The Morgan fingerprint density at radius 3 is 1.62 bits per heavy atom. The zero-order valence-electron chi connectivity index (χ0n) is 18.1. The second-order valence-corrected chi connectivity index (χ2v) is 8.88. The van der Waals surface area contributed by atoms with E-state index >= 15 is 0 Å².